The van der Waals surface area contributed by atoms with E-state index in [1.54, 1.807) is 6.20 Å². The van der Waals surface area contributed by atoms with E-state index in [1.807, 2.05) is 13.0 Å². The smallest absolute Gasteiger partial charge is 0.232 e. The van der Waals surface area contributed by atoms with E-state index in [1.165, 1.54) is 0 Å². The van der Waals surface area contributed by atoms with Crippen LogP contribution in [0.5, 0.6) is 0 Å². The molecule has 19 heavy (non-hydrogen) atoms. The molecule has 1 aromatic heterocycles. The average molecular weight is 282 g/mol. The number of hydrogen-bond acceptors (Lipinski definition) is 3. The van der Waals surface area contributed by atoms with E-state index < -0.39 is 0 Å². The molecule has 5 heteroatoms. The molecule has 0 spiro atoms. The van der Waals surface area contributed by atoms with Crippen LogP contribution in [-0.2, 0) is 4.79 Å². The van der Waals surface area contributed by atoms with Crippen LogP contribution < -0.4 is 10.6 Å². The van der Waals surface area contributed by atoms with Crippen LogP contribution in [0.1, 0.15) is 31.7 Å². The lowest BCUT2D eigenvalue weighted by Gasteiger charge is -2.26. The van der Waals surface area contributed by atoms with Crippen molar-refractivity contribution in [3.05, 3.63) is 23.0 Å². The normalized spacial score (nSPS) is 22.5. The Labute approximate surface area is 118 Å². The maximum Gasteiger partial charge on any atom is 0.232 e. The second-order valence-electron chi connectivity index (χ2n) is 5.26. The quantitative estimate of drug-likeness (QED) is 0.835. The minimum atomic E-state index is -0.304. The molecule has 1 atom stereocenters. The molecule has 1 fully saturated rings. The molecule has 104 valence electrons. The molecule has 2 heterocycles. The Hall–Kier alpha value is -1.13. The third-order valence-corrected chi connectivity index (χ3v) is 3.98. The number of carbonyl (C=O) groups excluding carboxylic acids is 1. The highest BCUT2D eigenvalue weighted by molar-refractivity contribution is 6.32. The van der Waals surface area contributed by atoms with Gasteiger partial charge in [-0.25, -0.2) is 4.98 Å². The fraction of sp³-hybridized carbons (Fsp3) is 0.571. The SMILES string of the molecule is CCCC1(C(=O)Nc2cc(C)cnc2Cl)CCNC1. The zero-order valence-electron chi connectivity index (χ0n) is 11.4. The highest BCUT2D eigenvalue weighted by atomic mass is 35.5. The van der Waals surface area contributed by atoms with E-state index in [0.717, 1.165) is 37.9 Å². The number of nitrogens with one attached hydrogen (secondary N) is 2. The van der Waals surface area contributed by atoms with Gasteiger partial charge in [-0.05, 0) is 37.9 Å². The number of pyridine rings is 1. The number of halogens is 1. The molecule has 1 aromatic rings. The maximum absolute atomic E-state index is 12.6. The van der Waals surface area contributed by atoms with Gasteiger partial charge in [0.15, 0.2) is 5.15 Å². The predicted molar refractivity (Wildman–Crippen MR) is 77.4 cm³/mol. The van der Waals surface area contributed by atoms with Gasteiger partial charge < -0.3 is 10.6 Å². The molecule has 1 amide bonds. The zero-order chi connectivity index (χ0) is 13.9. The largest absolute Gasteiger partial charge is 0.323 e. The number of nitrogens with zero attached hydrogens (tertiary/aromatic N) is 1. The van der Waals surface area contributed by atoms with Gasteiger partial charge in [0.25, 0.3) is 0 Å². The van der Waals surface area contributed by atoms with Crippen LogP contribution in [0.15, 0.2) is 12.3 Å². The molecule has 0 radical (unpaired) electrons. The second-order valence-corrected chi connectivity index (χ2v) is 5.62. The first-order valence-corrected chi connectivity index (χ1v) is 7.09. The molecule has 0 aliphatic carbocycles. The number of aromatic nitrogens is 1. The van der Waals surface area contributed by atoms with Gasteiger partial charge in [-0.2, -0.15) is 0 Å². The molecular weight excluding hydrogens is 262 g/mol. The zero-order valence-corrected chi connectivity index (χ0v) is 12.2. The number of hydrogen-bond donors (Lipinski definition) is 2. The summed E-state index contributed by atoms with van der Waals surface area (Å²) in [5.41, 5.74) is 1.28. The molecule has 1 aliphatic heterocycles. The molecule has 2 rings (SSSR count). The summed E-state index contributed by atoms with van der Waals surface area (Å²) in [6, 6.07) is 1.86. The molecule has 1 aliphatic rings. The first-order valence-electron chi connectivity index (χ1n) is 6.72. The Morgan fingerprint density at radius 3 is 3.05 bits per heavy atom. The van der Waals surface area contributed by atoms with E-state index in [-0.39, 0.29) is 11.3 Å². The number of rotatable bonds is 4. The van der Waals surface area contributed by atoms with Crippen LogP contribution in [0.4, 0.5) is 5.69 Å². The highest BCUT2D eigenvalue weighted by Crippen LogP contribution is 2.33. The van der Waals surface area contributed by atoms with Crippen LogP contribution >= 0.6 is 11.6 Å². The Morgan fingerprint density at radius 1 is 1.63 bits per heavy atom. The van der Waals surface area contributed by atoms with Crippen molar-refractivity contribution in [2.75, 3.05) is 18.4 Å². The monoisotopic (exact) mass is 281 g/mol. The third-order valence-electron chi connectivity index (χ3n) is 3.68. The van der Waals surface area contributed by atoms with E-state index in [2.05, 4.69) is 22.5 Å². The van der Waals surface area contributed by atoms with Gasteiger partial charge in [-0.15, -0.1) is 0 Å². The molecule has 1 saturated heterocycles. The van der Waals surface area contributed by atoms with Crippen molar-refractivity contribution in [3.8, 4) is 0 Å². The molecule has 0 bridgehead atoms. The van der Waals surface area contributed by atoms with E-state index in [9.17, 15) is 4.79 Å². The Balaban J connectivity index is 2.17. The van der Waals surface area contributed by atoms with Crippen LogP contribution in [0.2, 0.25) is 5.15 Å². The average Bonchev–Trinajstić information content (AvgIpc) is 2.84. The Kier molecular flexibility index (Phi) is 4.42. The van der Waals surface area contributed by atoms with Crippen molar-refractivity contribution in [1.82, 2.24) is 10.3 Å². The summed E-state index contributed by atoms with van der Waals surface area (Å²) in [5, 5.41) is 6.57. The molecular formula is C14H20ClN3O. The lowest BCUT2D eigenvalue weighted by molar-refractivity contribution is -0.125. The summed E-state index contributed by atoms with van der Waals surface area (Å²) in [5.74, 6) is 0.0497. The second kappa shape index (κ2) is 5.88. The van der Waals surface area contributed by atoms with Crippen molar-refractivity contribution in [1.29, 1.82) is 0 Å². The van der Waals surface area contributed by atoms with Crippen molar-refractivity contribution in [2.24, 2.45) is 5.41 Å². The Bertz CT molecular complexity index is 470. The van der Waals surface area contributed by atoms with Gasteiger partial charge in [-0.1, -0.05) is 24.9 Å². The van der Waals surface area contributed by atoms with Crippen molar-refractivity contribution in [3.63, 3.8) is 0 Å². The van der Waals surface area contributed by atoms with Crippen LogP contribution in [0.25, 0.3) is 0 Å². The number of anilines is 1. The van der Waals surface area contributed by atoms with E-state index in [0.29, 0.717) is 10.8 Å². The van der Waals surface area contributed by atoms with Gasteiger partial charge in [0.05, 0.1) is 11.1 Å². The summed E-state index contributed by atoms with van der Waals surface area (Å²) in [6.45, 7) is 5.67. The summed E-state index contributed by atoms with van der Waals surface area (Å²) in [4.78, 5) is 16.6. The van der Waals surface area contributed by atoms with Gasteiger partial charge >= 0.3 is 0 Å². The van der Waals surface area contributed by atoms with Crippen molar-refractivity contribution >= 4 is 23.2 Å². The molecule has 2 N–H and O–H groups in total. The minimum Gasteiger partial charge on any atom is -0.323 e. The van der Waals surface area contributed by atoms with Crippen LogP contribution in [0.3, 0.4) is 0 Å². The summed E-state index contributed by atoms with van der Waals surface area (Å²) in [7, 11) is 0. The maximum atomic E-state index is 12.6. The fourth-order valence-corrected chi connectivity index (χ4v) is 2.79. The highest BCUT2D eigenvalue weighted by Gasteiger charge is 2.40. The molecule has 0 aromatic carbocycles. The molecule has 1 unspecified atom stereocenters. The predicted octanol–water partition coefficient (Wildman–Crippen LogP) is 2.76. The molecule has 0 saturated carbocycles. The fourth-order valence-electron chi connectivity index (χ4n) is 2.64. The molecule has 4 nitrogen and oxygen atoms in total. The van der Waals surface area contributed by atoms with Gasteiger partial charge in [0, 0.05) is 12.7 Å². The topological polar surface area (TPSA) is 54.0 Å². The number of carbonyl (C=O) groups is 1. The minimum absolute atomic E-state index is 0.0497. The standard InChI is InChI=1S/C14H20ClN3O/c1-3-4-14(5-6-16-9-14)13(19)18-11-7-10(2)8-17-12(11)15/h7-8,16H,3-6,9H2,1-2H3,(H,18,19). The van der Waals surface area contributed by atoms with Crippen LogP contribution in [0, 0.1) is 12.3 Å². The van der Waals surface area contributed by atoms with Gasteiger partial charge in [-0.3, -0.25) is 4.79 Å². The number of amides is 1. The summed E-state index contributed by atoms with van der Waals surface area (Å²) >= 11 is 6.03. The van der Waals surface area contributed by atoms with E-state index >= 15 is 0 Å². The van der Waals surface area contributed by atoms with Crippen molar-refractivity contribution < 1.29 is 4.79 Å². The van der Waals surface area contributed by atoms with Gasteiger partial charge in [0.2, 0.25) is 5.91 Å². The third kappa shape index (κ3) is 3.07. The Morgan fingerprint density at radius 2 is 2.42 bits per heavy atom. The number of aryl methyl sites for hydroxylation is 1. The first kappa shape index (κ1) is 14.3. The van der Waals surface area contributed by atoms with E-state index in [4.69, 9.17) is 11.6 Å². The lowest BCUT2D eigenvalue weighted by atomic mass is 9.81. The first-order chi connectivity index (χ1) is 9.07. The van der Waals surface area contributed by atoms with Gasteiger partial charge in [0.1, 0.15) is 0 Å². The summed E-state index contributed by atoms with van der Waals surface area (Å²) in [6.07, 6.45) is 4.46. The van der Waals surface area contributed by atoms with Crippen molar-refractivity contribution in [2.45, 2.75) is 33.1 Å². The summed E-state index contributed by atoms with van der Waals surface area (Å²) < 4.78 is 0. The van der Waals surface area contributed by atoms with Crippen LogP contribution in [-0.4, -0.2) is 24.0 Å². The lowest BCUT2D eigenvalue weighted by Crippen LogP contribution is -2.38.